The van der Waals surface area contributed by atoms with Gasteiger partial charge in [-0.3, -0.25) is 10.1 Å². The number of rotatable bonds is 2. The second-order valence-corrected chi connectivity index (χ2v) is 3.67. The molecule has 0 saturated heterocycles. The average Bonchev–Trinajstić information content (AvgIpc) is 2.60. The van der Waals surface area contributed by atoms with Crippen LogP contribution >= 0.6 is 15.9 Å². The molecule has 1 aromatic carbocycles. The zero-order valence-corrected chi connectivity index (χ0v) is 8.67. The molecule has 0 radical (unpaired) electrons. The molecule has 68 valence electrons. The summed E-state index contributed by atoms with van der Waals surface area (Å²) >= 11 is 3.19. The van der Waals surface area contributed by atoms with Crippen LogP contribution in [0, 0.1) is 0 Å². The number of hydrogen-bond donors (Lipinski definition) is 1. The fraction of sp³-hybridized carbons (Fsp3) is 0.300. The lowest BCUT2D eigenvalue weighted by molar-refractivity contribution is -0.118. The number of benzene rings is 1. The molecule has 0 spiro atoms. The topological polar surface area (TPSA) is 29.1 Å². The van der Waals surface area contributed by atoms with Gasteiger partial charge in [0.05, 0.1) is 11.4 Å². The van der Waals surface area contributed by atoms with E-state index in [1.54, 1.807) is 0 Å². The third-order valence-corrected chi connectivity index (χ3v) is 2.87. The maximum absolute atomic E-state index is 11.5. The number of fused-ring (bicyclic) bond motifs is 1. The van der Waals surface area contributed by atoms with Crippen LogP contribution in [0.15, 0.2) is 24.3 Å². The van der Waals surface area contributed by atoms with Crippen molar-refractivity contribution in [3.8, 4) is 0 Å². The van der Waals surface area contributed by atoms with Crippen molar-refractivity contribution in [1.29, 1.82) is 0 Å². The van der Waals surface area contributed by atoms with Gasteiger partial charge in [0.25, 0.3) is 0 Å². The average molecular weight is 240 g/mol. The van der Waals surface area contributed by atoms with E-state index in [-0.39, 0.29) is 11.8 Å². The molecule has 1 aromatic rings. The van der Waals surface area contributed by atoms with Crippen LogP contribution in [0.5, 0.6) is 0 Å². The molecule has 1 aliphatic heterocycles. The van der Waals surface area contributed by atoms with Crippen LogP contribution in [-0.2, 0) is 11.3 Å². The summed E-state index contributed by atoms with van der Waals surface area (Å²) in [5, 5.41) is 3.61. The first-order chi connectivity index (χ1) is 6.33. The second-order valence-electron chi connectivity index (χ2n) is 3.11. The van der Waals surface area contributed by atoms with Gasteiger partial charge in [0.2, 0.25) is 0 Å². The van der Waals surface area contributed by atoms with E-state index in [1.807, 2.05) is 18.2 Å². The lowest BCUT2D eigenvalue weighted by Crippen LogP contribution is -2.22. The summed E-state index contributed by atoms with van der Waals surface area (Å²) in [6.45, 7) is 0.805. The zero-order chi connectivity index (χ0) is 9.26. The van der Waals surface area contributed by atoms with Gasteiger partial charge in [-0.25, -0.2) is 0 Å². The van der Waals surface area contributed by atoms with Crippen LogP contribution in [-0.4, -0.2) is 11.1 Å². The number of nitrogens with one attached hydrogen (secondary N) is 1. The van der Waals surface area contributed by atoms with Crippen LogP contribution in [0.3, 0.4) is 0 Å². The van der Waals surface area contributed by atoms with Crippen molar-refractivity contribution in [2.24, 2.45) is 0 Å². The van der Waals surface area contributed by atoms with Gasteiger partial charge in [-0.1, -0.05) is 40.2 Å². The monoisotopic (exact) mass is 239 g/mol. The van der Waals surface area contributed by atoms with Gasteiger partial charge in [-0.05, 0) is 11.1 Å². The predicted octanol–water partition coefficient (Wildman–Crippen LogP) is 1.79. The van der Waals surface area contributed by atoms with Crippen molar-refractivity contribution >= 4 is 21.7 Å². The Morgan fingerprint density at radius 3 is 3.08 bits per heavy atom. The van der Waals surface area contributed by atoms with Gasteiger partial charge >= 0.3 is 0 Å². The molecule has 3 heteroatoms. The molecule has 0 bridgehead atoms. The quantitative estimate of drug-likeness (QED) is 0.798. The molecule has 1 aliphatic rings. The second kappa shape index (κ2) is 3.60. The highest BCUT2D eigenvalue weighted by Gasteiger charge is 2.26. The first-order valence-corrected chi connectivity index (χ1v) is 5.35. The van der Waals surface area contributed by atoms with Crippen molar-refractivity contribution < 1.29 is 4.79 Å². The fourth-order valence-corrected chi connectivity index (χ4v) is 1.99. The summed E-state index contributed by atoms with van der Waals surface area (Å²) in [5.74, 6) is 0.199. The van der Waals surface area contributed by atoms with Crippen molar-refractivity contribution in [3.05, 3.63) is 35.4 Å². The Morgan fingerprint density at radius 2 is 2.31 bits per heavy atom. The van der Waals surface area contributed by atoms with Crippen LogP contribution in [0.4, 0.5) is 0 Å². The van der Waals surface area contributed by atoms with E-state index >= 15 is 0 Å². The molecule has 0 saturated carbocycles. The first kappa shape index (κ1) is 8.91. The van der Waals surface area contributed by atoms with E-state index in [2.05, 4.69) is 27.3 Å². The molecule has 1 atom stereocenters. The Balaban J connectivity index is 2.33. The summed E-state index contributed by atoms with van der Waals surface area (Å²) in [4.78, 5) is 11.5. The predicted molar refractivity (Wildman–Crippen MR) is 54.8 cm³/mol. The van der Waals surface area contributed by atoms with Crippen molar-refractivity contribution in [3.63, 3.8) is 0 Å². The fourth-order valence-electron chi connectivity index (χ4n) is 1.66. The lowest BCUT2D eigenvalue weighted by Gasteiger charge is -2.07. The largest absolute Gasteiger partial charge is 0.300 e. The van der Waals surface area contributed by atoms with Crippen LogP contribution in [0.25, 0.3) is 0 Å². The SMILES string of the molecule is O=C(CBr)[C@H]1NCc2ccccc21. The molecule has 13 heavy (non-hydrogen) atoms. The Bertz CT molecular complexity index is 337. The Labute approximate surface area is 85.5 Å². The molecule has 0 fully saturated rings. The van der Waals surface area contributed by atoms with Gasteiger partial charge in [-0.2, -0.15) is 0 Å². The zero-order valence-electron chi connectivity index (χ0n) is 7.09. The minimum Gasteiger partial charge on any atom is -0.300 e. The first-order valence-electron chi connectivity index (χ1n) is 4.23. The summed E-state index contributed by atoms with van der Waals surface area (Å²) in [6.07, 6.45) is 0. The van der Waals surface area contributed by atoms with E-state index in [4.69, 9.17) is 0 Å². The lowest BCUT2D eigenvalue weighted by atomic mass is 10.0. The summed E-state index contributed by atoms with van der Waals surface area (Å²) in [6, 6.07) is 7.95. The van der Waals surface area contributed by atoms with E-state index in [0.29, 0.717) is 5.33 Å². The van der Waals surface area contributed by atoms with Gasteiger partial charge in [0.15, 0.2) is 5.78 Å². The molecular formula is C10H10BrNO. The van der Waals surface area contributed by atoms with E-state index in [1.165, 1.54) is 5.56 Å². The summed E-state index contributed by atoms with van der Waals surface area (Å²) in [5.41, 5.74) is 2.37. The maximum atomic E-state index is 11.5. The molecule has 2 nitrogen and oxygen atoms in total. The Hall–Kier alpha value is -0.670. The molecule has 1 heterocycles. The number of Topliss-reactive ketones (excluding diaryl/α,β-unsaturated/α-hetero) is 1. The summed E-state index contributed by atoms with van der Waals surface area (Å²) in [7, 11) is 0. The van der Waals surface area contributed by atoms with Gasteiger partial charge < -0.3 is 0 Å². The number of hydrogen-bond acceptors (Lipinski definition) is 2. The molecule has 0 aliphatic carbocycles. The van der Waals surface area contributed by atoms with Crippen molar-refractivity contribution in [2.45, 2.75) is 12.6 Å². The van der Waals surface area contributed by atoms with E-state index in [0.717, 1.165) is 12.1 Å². The Kier molecular flexibility index (Phi) is 2.47. The molecule has 1 N–H and O–H groups in total. The van der Waals surface area contributed by atoms with Crippen LogP contribution in [0.1, 0.15) is 17.2 Å². The smallest absolute Gasteiger partial charge is 0.164 e. The van der Waals surface area contributed by atoms with Crippen LogP contribution < -0.4 is 5.32 Å². The van der Waals surface area contributed by atoms with Crippen molar-refractivity contribution in [1.82, 2.24) is 5.32 Å². The number of halogens is 1. The number of carbonyl (C=O) groups is 1. The molecule has 2 rings (SSSR count). The molecular weight excluding hydrogens is 230 g/mol. The minimum absolute atomic E-state index is 0.101. The number of alkyl halides is 1. The normalized spacial score (nSPS) is 19.9. The highest BCUT2D eigenvalue weighted by molar-refractivity contribution is 9.09. The molecule has 0 amide bonds. The maximum Gasteiger partial charge on any atom is 0.164 e. The molecule has 0 unspecified atom stereocenters. The van der Waals surface area contributed by atoms with E-state index < -0.39 is 0 Å². The third-order valence-electron chi connectivity index (χ3n) is 2.32. The standard InChI is InChI=1S/C10H10BrNO/c11-5-9(13)10-8-4-2-1-3-7(8)6-12-10/h1-4,10,12H,5-6H2/t10-/m0/s1. The Morgan fingerprint density at radius 1 is 1.54 bits per heavy atom. The number of ketones is 1. The highest BCUT2D eigenvalue weighted by atomic mass is 79.9. The van der Waals surface area contributed by atoms with Gasteiger partial charge in [-0.15, -0.1) is 0 Å². The van der Waals surface area contributed by atoms with Gasteiger partial charge in [0, 0.05) is 6.54 Å². The van der Waals surface area contributed by atoms with Crippen LogP contribution in [0.2, 0.25) is 0 Å². The highest BCUT2D eigenvalue weighted by Crippen LogP contribution is 2.25. The van der Waals surface area contributed by atoms with Crippen molar-refractivity contribution in [2.75, 3.05) is 5.33 Å². The third kappa shape index (κ3) is 1.54. The molecule has 0 aromatic heterocycles. The van der Waals surface area contributed by atoms with E-state index in [9.17, 15) is 4.79 Å². The summed E-state index contributed by atoms with van der Waals surface area (Å²) < 4.78 is 0. The number of carbonyl (C=O) groups excluding carboxylic acids is 1. The van der Waals surface area contributed by atoms with Gasteiger partial charge in [0.1, 0.15) is 0 Å². The minimum atomic E-state index is -0.101.